The third-order valence-corrected chi connectivity index (χ3v) is 4.26. The molecular formula is C18H19F3N2O5S. The zero-order valence-corrected chi connectivity index (χ0v) is 16.0. The van der Waals surface area contributed by atoms with Crippen molar-refractivity contribution in [3.05, 3.63) is 60.2 Å². The number of hydrogen-bond donors (Lipinski definition) is 2. The van der Waals surface area contributed by atoms with Crippen LogP contribution in [-0.4, -0.2) is 39.4 Å². The highest BCUT2D eigenvalue weighted by Gasteiger charge is 2.40. The quantitative estimate of drug-likeness (QED) is 0.490. The van der Waals surface area contributed by atoms with Crippen molar-refractivity contribution in [3.63, 3.8) is 0 Å². The van der Waals surface area contributed by atoms with Gasteiger partial charge in [0.15, 0.2) is 6.10 Å². The Morgan fingerprint density at radius 3 is 2.24 bits per heavy atom. The van der Waals surface area contributed by atoms with Crippen LogP contribution in [0.1, 0.15) is 11.7 Å². The van der Waals surface area contributed by atoms with Crippen LogP contribution in [0.15, 0.2) is 54.6 Å². The summed E-state index contributed by atoms with van der Waals surface area (Å²) in [5, 5.41) is 1.63. The minimum Gasteiger partial charge on any atom is -0.481 e. The summed E-state index contributed by atoms with van der Waals surface area (Å²) in [7, 11) is -4.11. The second kappa shape index (κ2) is 9.14. The molecule has 0 aliphatic carbocycles. The second-order valence-electron chi connectivity index (χ2n) is 6.03. The molecule has 0 saturated heterocycles. The van der Waals surface area contributed by atoms with E-state index < -0.39 is 41.0 Å². The summed E-state index contributed by atoms with van der Waals surface area (Å²) in [6.07, 6.45) is -7.09. The standard InChI is InChI=1S/C18H19F3N2O5S/c1-29(25,26)28-15(11-23-17(24)18(19,20)21)16(12-7-3-2-4-8-12)27-14-10-6-5-9-13(14)22/h2-10,15-16H,11,22H2,1H3,(H,23,24)/t15-,16+/m0/s1. The molecule has 158 valence electrons. The Morgan fingerprint density at radius 1 is 1.10 bits per heavy atom. The monoisotopic (exact) mass is 432 g/mol. The van der Waals surface area contributed by atoms with Crippen LogP contribution in [0.5, 0.6) is 5.75 Å². The predicted molar refractivity (Wildman–Crippen MR) is 99.4 cm³/mol. The minimum atomic E-state index is -5.14. The summed E-state index contributed by atoms with van der Waals surface area (Å²) >= 11 is 0. The van der Waals surface area contributed by atoms with Gasteiger partial charge >= 0.3 is 12.1 Å². The van der Waals surface area contributed by atoms with Gasteiger partial charge in [-0.1, -0.05) is 42.5 Å². The van der Waals surface area contributed by atoms with Gasteiger partial charge in [0.2, 0.25) is 0 Å². The van der Waals surface area contributed by atoms with Crippen LogP contribution in [0.4, 0.5) is 18.9 Å². The topological polar surface area (TPSA) is 108 Å². The van der Waals surface area contributed by atoms with Crippen LogP contribution in [-0.2, 0) is 19.1 Å². The van der Waals surface area contributed by atoms with Gasteiger partial charge in [-0.2, -0.15) is 21.6 Å². The maximum atomic E-state index is 12.5. The second-order valence-corrected chi connectivity index (χ2v) is 7.63. The largest absolute Gasteiger partial charge is 0.481 e. The molecule has 0 fully saturated rings. The zero-order chi connectivity index (χ0) is 21.7. The third kappa shape index (κ3) is 6.95. The molecule has 0 spiro atoms. The number of halogens is 3. The fraction of sp³-hybridized carbons (Fsp3) is 0.278. The van der Waals surface area contributed by atoms with Gasteiger partial charge in [-0.25, -0.2) is 0 Å². The predicted octanol–water partition coefficient (Wildman–Crippen LogP) is 2.41. The lowest BCUT2D eigenvalue weighted by Crippen LogP contribution is -2.44. The summed E-state index contributed by atoms with van der Waals surface area (Å²) in [6.45, 7) is -0.780. The van der Waals surface area contributed by atoms with Gasteiger partial charge in [-0.3, -0.25) is 8.98 Å². The Hall–Kier alpha value is -2.79. The number of ether oxygens (including phenoxy) is 1. The lowest BCUT2D eigenvalue weighted by Gasteiger charge is -2.28. The van der Waals surface area contributed by atoms with Gasteiger partial charge in [0.05, 0.1) is 11.9 Å². The fourth-order valence-electron chi connectivity index (χ4n) is 2.44. The number of benzene rings is 2. The summed E-state index contributed by atoms with van der Waals surface area (Å²) < 4.78 is 71.8. The average molecular weight is 432 g/mol. The molecule has 0 aromatic heterocycles. The van der Waals surface area contributed by atoms with E-state index in [9.17, 15) is 26.4 Å². The van der Waals surface area contributed by atoms with Gasteiger partial charge in [0.25, 0.3) is 10.1 Å². The molecule has 11 heteroatoms. The first-order chi connectivity index (χ1) is 13.5. The number of amides is 1. The molecule has 0 radical (unpaired) electrons. The average Bonchev–Trinajstić information content (AvgIpc) is 2.63. The molecule has 2 aromatic carbocycles. The third-order valence-electron chi connectivity index (χ3n) is 3.66. The van der Waals surface area contributed by atoms with E-state index >= 15 is 0 Å². The summed E-state index contributed by atoms with van der Waals surface area (Å²) in [5.41, 5.74) is 6.49. The lowest BCUT2D eigenvalue weighted by molar-refractivity contribution is -0.174. The molecule has 3 N–H and O–H groups in total. The Kier molecular flexibility index (Phi) is 7.09. The van der Waals surface area contributed by atoms with E-state index in [4.69, 9.17) is 14.7 Å². The van der Waals surface area contributed by atoms with Crippen molar-refractivity contribution < 1.29 is 35.3 Å². The first-order valence-electron chi connectivity index (χ1n) is 8.27. The minimum absolute atomic E-state index is 0.172. The van der Waals surface area contributed by atoms with Crippen molar-refractivity contribution in [1.82, 2.24) is 5.32 Å². The van der Waals surface area contributed by atoms with Crippen molar-refractivity contribution in [2.24, 2.45) is 0 Å². The van der Waals surface area contributed by atoms with Gasteiger partial charge in [-0.05, 0) is 17.7 Å². The number of carbonyl (C=O) groups is 1. The fourth-order valence-corrected chi connectivity index (χ4v) is 3.05. The molecule has 0 aliphatic heterocycles. The van der Waals surface area contributed by atoms with E-state index in [1.807, 2.05) is 0 Å². The maximum absolute atomic E-state index is 12.5. The SMILES string of the molecule is CS(=O)(=O)O[C@@H](CNC(=O)C(F)(F)F)[C@H](Oc1ccccc1N)c1ccccc1. The summed E-state index contributed by atoms with van der Waals surface area (Å²) in [4.78, 5) is 11.2. The number of nitrogen functional groups attached to an aromatic ring is 1. The zero-order valence-electron chi connectivity index (χ0n) is 15.2. The van der Waals surface area contributed by atoms with Crippen LogP contribution in [0, 0.1) is 0 Å². The highest BCUT2D eigenvalue weighted by molar-refractivity contribution is 7.86. The van der Waals surface area contributed by atoms with Crippen LogP contribution >= 0.6 is 0 Å². The number of carbonyl (C=O) groups excluding carboxylic acids is 1. The van der Waals surface area contributed by atoms with Gasteiger partial charge in [-0.15, -0.1) is 0 Å². The van der Waals surface area contributed by atoms with Crippen LogP contribution in [0.3, 0.4) is 0 Å². The molecule has 0 unspecified atom stereocenters. The van der Waals surface area contributed by atoms with Crippen LogP contribution in [0.2, 0.25) is 0 Å². The highest BCUT2D eigenvalue weighted by atomic mass is 32.2. The molecule has 2 aromatic rings. The Balaban J connectivity index is 2.39. The normalized spacial score (nSPS) is 14.1. The number of nitrogens with one attached hydrogen (secondary N) is 1. The van der Waals surface area contributed by atoms with Crippen molar-refractivity contribution in [1.29, 1.82) is 0 Å². The van der Waals surface area contributed by atoms with Gasteiger partial charge in [0.1, 0.15) is 11.9 Å². The number of para-hydroxylation sites is 2. The number of rotatable bonds is 8. The highest BCUT2D eigenvalue weighted by Crippen LogP contribution is 2.31. The molecular weight excluding hydrogens is 413 g/mol. The van der Waals surface area contributed by atoms with E-state index in [2.05, 4.69) is 0 Å². The van der Waals surface area contributed by atoms with Gasteiger partial charge < -0.3 is 15.8 Å². The Bertz CT molecular complexity index is 936. The van der Waals surface area contributed by atoms with E-state index in [0.717, 1.165) is 6.26 Å². The number of hydrogen-bond acceptors (Lipinski definition) is 6. The van der Waals surface area contributed by atoms with Gasteiger partial charge in [0, 0.05) is 6.54 Å². The molecule has 0 saturated carbocycles. The summed E-state index contributed by atoms with van der Waals surface area (Å²) in [5.74, 6) is -2.06. The Morgan fingerprint density at radius 2 is 1.69 bits per heavy atom. The number of alkyl halides is 3. The maximum Gasteiger partial charge on any atom is 0.471 e. The molecule has 7 nitrogen and oxygen atoms in total. The smallest absolute Gasteiger partial charge is 0.471 e. The first-order valence-corrected chi connectivity index (χ1v) is 10.1. The molecule has 0 bridgehead atoms. The Labute approximate surface area is 165 Å². The summed E-state index contributed by atoms with van der Waals surface area (Å²) in [6, 6.07) is 14.4. The van der Waals surface area contributed by atoms with E-state index in [1.54, 1.807) is 47.8 Å². The van der Waals surface area contributed by atoms with E-state index in [-0.39, 0.29) is 11.4 Å². The number of anilines is 1. The first kappa shape index (κ1) is 22.5. The van der Waals surface area contributed by atoms with Crippen molar-refractivity contribution in [2.75, 3.05) is 18.5 Å². The molecule has 2 rings (SSSR count). The number of nitrogens with two attached hydrogens (primary N) is 1. The van der Waals surface area contributed by atoms with E-state index in [0.29, 0.717) is 5.56 Å². The van der Waals surface area contributed by atoms with Crippen LogP contribution in [0.25, 0.3) is 0 Å². The molecule has 2 atom stereocenters. The molecule has 1 amide bonds. The van der Waals surface area contributed by atoms with Crippen LogP contribution < -0.4 is 15.8 Å². The lowest BCUT2D eigenvalue weighted by atomic mass is 10.0. The van der Waals surface area contributed by atoms with Crippen molar-refractivity contribution in [2.45, 2.75) is 18.4 Å². The van der Waals surface area contributed by atoms with Crippen molar-refractivity contribution >= 4 is 21.7 Å². The molecule has 29 heavy (non-hydrogen) atoms. The van der Waals surface area contributed by atoms with Crippen molar-refractivity contribution in [3.8, 4) is 5.75 Å². The molecule has 0 heterocycles. The van der Waals surface area contributed by atoms with E-state index in [1.165, 1.54) is 12.1 Å². The molecule has 0 aliphatic rings.